The molecule has 0 aliphatic heterocycles. The highest BCUT2D eigenvalue weighted by molar-refractivity contribution is 6.26. The predicted octanol–water partition coefficient (Wildman–Crippen LogP) is 14.7. The minimum Gasteiger partial charge on any atom is -0.456 e. The second kappa shape index (κ2) is 13.8. The Balaban J connectivity index is 0.996. The van der Waals surface area contributed by atoms with E-state index in [0.29, 0.717) is 28.0 Å². The third-order valence-electron chi connectivity index (χ3n) is 12.7. The van der Waals surface area contributed by atoms with Crippen LogP contribution in [0.5, 0.6) is 0 Å². The van der Waals surface area contributed by atoms with Crippen LogP contribution in [0.2, 0.25) is 0 Å². The van der Waals surface area contributed by atoms with Gasteiger partial charge in [0, 0.05) is 65.5 Å². The van der Waals surface area contributed by atoms with Gasteiger partial charge in [-0.25, -0.2) is 15.0 Å². The van der Waals surface area contributed by atoms with Crippen molar-refractivity contribution < 1.29 is 15.7 Å². The molecule has 14 aromatic rings. The highest BCUT2D eigenvalue weighted by Crippen LogP contribution is 2.43. The molecular weight excluding hydrogens is 813 g/mol. The van der Waals surface area contributed by atoms with Gasteiger partial charge in [0.15, 0.2) is 17.5 Å². The van der Waals surface area contributed by atoms with Gasteiger partial charge in [-0.15, -0.1) is 0 Å². The van der Waals surface area contributed by atoms with Crippen LogP contribution >= 0.6 is 0 Å². The summed E-state index contributed by atoms with van der Waals surface area (Å²) in [6.07, 6.45) is 0. The highest BCUT2D eigenvalue weighted by atomic mass is 16.3. The first-order valence-corrected chi connectivity index (χ1v) is 21.4. The maximum Gasteiger partial charge on any atom is 0.164 e. The molecule has 8 nitrogen and oxygen atoms in total. The maximum absolute atomic E-state index is 11.2. The van der Waals surface area contributed by atoms with Gasteiger partial charge in [-0.05, 0) is 84.9 Å². The molecule has 0 saturated carbocycles. The molecule has 0 aliphatic rings. The number of furan rings is 2. The van der Waals surface area contributed by atoms with Crippen LogP contribution < -0.4 is 0 Å². The average Bonchev–Trinajstić information content (AvgIpc) is 4.17. The Morgan fingerprint density at radius 2 is 1.00 bits per heavy atom. The molecule has 0 N–H and O–H groups in total. The molecule has 5 heterocycles. The molecule has 0 radical (unpaired) electrons. The molecule has 8 heteroatoms. The zero-order chi connectivity index (χ0) is 47.8. The van der Waals surface area contributed by atoms with Crippen molar-refractivity contribution in [1.29, 1.82) is 5.26 Å². The molecule has 0 aliphatic carbocycles. The van der Waals surface area contributed by atoms with Crippen molar-refractivity contribution in [3.8, 4) is 51.6 Å². The fourth-order valence-electron chi connectivity index (χ4n) is 9.82. The van der Waals surface area contributed by atoms with E-state index in [0.717, 1.165) is 87.6 Å². The number of fused-ring (bicyclic) bond motifs is 13. The van der Waals surface area contributed by atoms with E-state index in [4.69, 9.17) is 30.6 Å². The van der Waals surface area contributed by atoms with Crippen molar-refractivity contribution in [1.82, 2.24) is 24.1 Å². The monoisotopic (exact) mass is 849 g/mol. The van der Waals surface area contributed by atoms with Crippen molar-refractivity contribution in [3.05, 3.63) is 200 Å². The fourth-order valence-corrected chi connectivity index (χ4v) is 9.82. The van der Waals surface area contributed by atoms with Gasteiger partial charge in [-0.1, -0.05) is 109 Å². The summed E-state index contributed by atoms with van der Waals surface area (Å²) in [4.78, 5) is 14.6. The standard InChI is InChI=1S/C58H32N6O2/c59-33-37-30-35(57-60-56(34-12-2-1-3-13-34)61-58(62-57)36-23-28-52-44(31-36)40-15-6-10-20-50(40)65-52)22-26-46(37)64-47-18-8-4-14-39(47)42-25-27-49-54(55(42)64)43-17-5-9-19-48(43)63(49)38-24-29-53-45(32-38)41-16-7-11-21-51(41)66-53/h1-32H/i1D,2D,3D,12D,13D. The smallest absolute Gasteiger partial charge is 0.164 e. The Labute approximate surface area is 382 Å². The molecule has 5 aromatic heterocycles. The topological polar surface area (TPSA) is 98.6 Å². The normalized spacial score (nSPS) is 13.0. The van der Waals surface area contributed by atoms with Crippen LogP contribution in [-0.2, 0) is 0 Å². The van der Waals surface area contributed by atoms with Crippen LogP contribution in [0.1, 0.15) is 12.4 Å². The minimum atomic E-state index is -0.527. The summed E-state index contributed by atoms with van der Waals surface area (Å²) in [6.45, 7) is 0. The molecule has 0 unspecified atom stereocenters. The first-order chi connectivity index (χ1) is 34.7. The predicted molar refractivity (Wildman–Crippen MR) is 264 cm³/mol. The fraction of sp³-hybridized carbons (Fsp3) is 0. The zero-order valence-corrected chi connectivity index (χ0v) is 34.6. The summed E-state index contributed by atoms with van der Waals surface area (Å²) in [6, 6.07) is 54.1. The quantitative estimate of drug-likeness (QED) is 0.171. The second-order valence-electron chi connectivity index (χ2n) is 16.3. The molecule has 0 amide bonds. The lowest BCUT2D eigenvalue weighted by Gasteiger charge is -2.13. The highest BCUT2D eigenvalue weighted by Gasteiger charge is 2.23. The second-order valence-corrected chi connectivity index (χ2v) is 16.3. The number of nitriles is 1. The Hall–Kier alpha value is -9.32. The van der Waals surface area contributed by atoms with Gasteiger partial charge in [0.25, 0.3) is 0 Å². The lowest BCUT2D eigenvalue weighted by Crippen LogP contribution is -2.02. The molecular formula is C58H32N6O2. The first-order valence-electron chi connectivity index (χ1n) is 23.9. The van der Waals surface area contributed by atoms with Crippen molar-refractivity contribution in [2.75, 3.05) is 0 Å². The van der Waals surface area contributed by atoms with E-state index in [1.54, 1.807) is 6.07 Å². The van der Waals surface area contributed by atoms with Crippen LogP contribution in [0.3, 0.4) is 0 Å². The number of para-hydroxylation sites is 4. The summed E-state index contributed by atoms with van der Waals surface area (Å²) in [5.74, 6) is 0.239. The van der Waals surface area contributed by atoms with Gasteiger partial charge < -0.3 is 18.0 Å². The minimum absolute atomic E-state index is 0.108. The van der Waals surface area contributed by atoms with Crippen LogP contribution in [0.4, 0.5) is 0 Å². The average molecular weight is 850 g/mol. The molecule has 0 fully saturated rings. The van der Waals surface area contributed by atoms with Gasteiger partial charge in [-0.3, -0.25) is 0 Å². The largest absolute Gasteiger partial charge is 0.456 e. The van der Waals surface area contributed by atoms with E-state index in [2.05, 4.69) is 81.9 Å². The van der Waals surface area contributed by atoms with Gasteiger partial charge in [0.2, 0.25) is 0 Å². The van der Waals surface area contributed by atoms with Gasteiger partial charge in [-0.2, -0.15) is 5.26 Å². The summed E-state index contributed by atoms with van der Waals surface area (Å²) < 4.78 is 59.8. The molecule has 0 saturated heterocycles. The third kappa shape index (κ3) is 5.28. The van der Waals surface area contributed by atoms with E-state index >= 15 is 0 Å². The van der Waals surface area contributed by atoms with Crippen molar-refractivity contribution in [3.63, 3.8) is 0 Å². The summed E-state index contributed by atoms with van der Waals surface area (Å²) in [5.41, 5.74) is 9.73. The lowest BCUT2D eigenvalue weighted by molar-refractivity contribution is 0.668. The van der Waals surface area contributed by atoms with Gasteiger partial charge >= 0.3 is 0 Å². The van der Waals surface area contributed by atoms with Gasteiger partial charge in [0.05, 0.1) is 40.2 Å². The molecule has 0 atom stereocenters. The Kier molecular flexibility index (Phi) is 6.61. The van der Waals surface area contributed by atoms with E-state index < -0.39 is 30.2 Å². The van der Waals surface area contributed by atoms with Crippen LogP contribution in [0.25, 0.3) is 133 Å². The van der Waals surface area contributed by atoms with Crippen molar-refractivity contribution >= 4 is 87.5 Å². The zero-order valence-electron chi connectivity index (χ0n) is 39.6. The van der Waals surface area contributed by atoms with Crippen molar-refractivity contribution in [2.45, 2.75) is 0 Å². The number of hydrogen-bond acceptors (Lipinski definition) is 6. The first kappa shape index (κ1) is 31.5. The Bertz CT molecular complexity index is 4670. The maximum atomic E-state index is 11.2. The van der Waals surface area contributed by atoms with Crippen LogP contribution in [-0.4, -0.2) is 24.1 Å². The van der Waals surface area contributed by atoms with E-state index in [1.807, 2.05) is 91.0 Å². The number of nitrogens with zero attached hydrogens (tertiary/aromatic N) is 6. The van der Waals surface area contributed by atoms with Gasteiger partial charge in [0.1, 0.15) is 28.4 Å². The molecule has 14 rings (SSSR count). The number of benzene rings is 9. The summed E-state index contributed by atoms with van der Waals surface area (Å²) in [7, 11) is 0. The SMILES string of the molecule is [2H]c1c([2H])c([2H])c(-c2nc(-c3ccc(-n4c5ccccc5c5ccc6c(c7ccccc7n6-c6ccc7oc8ccccc8c7c6)c54)c(C#N)c3)nc(-c3ccc4oc5ccccc5c4c3)n2)c([2H])c1[2H]. The van der Waals surface area contributed by atoms with E-state index in [9.17, 15) is 5.26 Å². The number of hydrogen-bond donors (Lipinski definition) is 0. The molecule has 66 heavy (non-hydrogen) atoms. The molecule has 9 aromatic carbocycles. The lowest BCUT2D eigenvalue weighted by atomic mass is 10.1. The van der Waals surface area contributed by atoms with Crippen molar-refractivity contribution in [2.24, 2.45) is 0 Å². The van der Waals surface area contributed by atoms with Crippen LogP contribution in [0.15, 0.2) is 203 Å². The number of aromatic nitrogens is 5. The summed E-state index contributed by atoms with van der Waals surface area (Å²) in [5, 5.41) is 19.1. The van der Waals surface area contributed by atoms with E-state index in [1.165, 1.54) is 0 Å². The molecule has 306 valence electrons. The molecule has 0 bridgehead atoms. The Morgan fingerprint density at radius 3 is 1.71 bits per heavy atom. The number of rotatable bonds is 5. The summed E-state index contributed by atoms with van der Waals surface area (Å²) >= 11 is 0. The van der Waals surface area contributed by atoms with E-state index in [-0.39, 0.29) is 23.0 Å². The third-order valence-corrected chi connectivity index (χ3v) is 12.7. The molecule has 0 spiro atoms. The van der Waals surface area contributed by atoms with Crippen LogP contribution in [0, 0.1) is 11.3 Å². The Morgan fingerprint density at radius 1 is 0.439 bits per heavy atom.